The van der Waals surface area contributed by atoms with E-state index in [1.807, 2.05) is 0 Å². The molecule has 1 aromatic heterocycles. The molecule has 2 unspecified atom stereocenters. The summed E-state index contributed by atoms with van der Waals surface area (Å²) in [4.78, 5) is 4.09. The van der Waals surface area contributed by atoms with E-state index < -0.39 is 0 Å². The van der Waals surface area contributed by atoms with Gasteiger partial charge in [0.2, 0.25) is 5.88 Å². The molecule has 1 aliphatic rings. The lowest BCUT2D eigenvalue weighted by Gasteiger charge is -2.29. The highest BCUT2D eigenvalue weighted by Crippen LogP contribution is 2.27. The number of piperidine rings is 1. The fraction of sp³-hybridized carbons (Fsp3) is 0.545. The number of rotatable bonds is 2. The Balaban J connectivity index is 2.07. The van der Waals surface area contributed by atoms with E-state index in [1.165, 1.54) is 0 Å². The van der Waals surface area contributed by atoms with E-state index in [2.05, 4.69) is 17.2 Å². The largest absolute Gasteiger partial charge is 0.472 e. The van der Waals surface area contributed by atoms with Gasteiger partial charge in [-0.05, 0) is 24.9 Å². The fourth-order valence-electron chi connectivity index (χ4n) is 1.75. The maximum absolute atomic E-state index is 6.00. The molecule has 2 heterocycles. The molecule has 0 aromatic carbocycles. The zero-order valence-electron chi connectivity index (χ0n) is 9.04. The van der Waals surface area contributed by atoms with Crippen molar-refractivity contribution in [1.29, 1.82) is 0 Å². The molecule has 5 heteroatoms. The van der Waals surface area contributed by atoms with Gasteiger partial charge in [-0.15, -0.1) is 0 Å². The summed E-state index contributed by atoms with van der Waals surface area (Å²) in [5.74, 6) is 0.974. The first-order valence-corrected chi connectivity index (χ1v) is 6.11. The first-order chi connectivity index (χ1) is 7.66. The van der Waals surface area contributed by atoms with Crippen LogP contribution in [0.15, 0.2) is 12.3 Å². The summed E-state index contributed by atoms with van der Waals surface area (Å²) >= 11 is 11.8. The fourth-order valence-corrected chi connectivity index (χ4v) is 2.18. The van der Waals surface area contributed by atoms with Crippen molar-refractivity contribution in [3.8, 4) is 5.88 Å². The molecule has 1 fully saturated rings. The van der Waals surface area contributed by atoms with Gasteiger partial charge in [-0.3, -0.25) is 0 Å². The van der Waals surface area contributed by atoms with Crippen molar-refractivity contribution >= 4 is 23.2 Å². The third-order valence-corrected chi connectivity index (χ3v) is 3.27. The quantitative estimate of drug-likeness (QED) is 0.888. The number of hydrogen-bond acceptors (Lipinski definition) is 3. The molecular formula is C11H14Cl2N2O. The van der Waals surface area contributed by atoms with Crippen LogP contribution in [-0.4, -0.2) is 24.2 Å². The molecule has 0 saturated carbocycles. The Morgan fingerprint density at radius 2 is 2.31 bits per heavy atom. The van der Waals surface area contributed by atoms with Crippen molar-refractivity contribution in [2.45, 2.75) is 19.4 Å². The summed E-state index contributed by atoms with van der Waals surface area (Å²) in [6.07, 6.45) is 2.78. The topological polar surface area (TPSA) is 34.1 Å². The zero-order chi connectivity index (χ0) is 11.5. The summed E-state index contributed by atoms with van der Waals surface area (Å²) in [7, 11) is 0. The van der Waals surface area contributed by atoms with Gasteiger partial charge in [0.1, 0.15) is 11.1 Å². The second-order valence-corrected chi connectivity index (χ2v) is 4.91. The molecule has 1 aromatic rings. The average Bonchev–Trinajstić information content (AvgIpc) is 2.25. The molecule has 0 spiro atoms. The third kappa shape index (κ3) is 2.78. The van der Waals surface area contributed by atoms with Crippen LogP contribution in [0.4, 0.5) is 0 Å². The van der Waals surface area contributed by atoms with Crippen LogP contribution in [0.25, 0.3) is 0 Å². The predicted molar refractivity (Wildman–Crippen MR) is 65.3 cm³/mol. The van der Waals surface area contributed by atoms with Crippen LogP contribution in [0.1, 0.15) is 13.3 Å². The second kappa shape index (κ2) is 5.21. The normalized spacial score (nSPS) is 25.4. The molecule has 1 aliphatic heterocycles. The first-order valence-electron chi connectivity index (χ1n) is 5.35. The lowest BCUT2D eigenvalue weighted by atomic mass is 9.97. The molecule has 0 bridgehead atoms. The van der Waals surface area contributed by atoms with E-state index >= 15 is 0 Å². The Morgan fingerprint density at radius 3 is 3.00 bits per heavy atom. The molecule has 3 nitrogen and oxygen atoms in total. The molecule has 16 heavy (non-hydrogen) atoms. The van der Waals surface area contributed by atoms with Gasteiger partial charge in [-0.2, -0.15) is 0 Å². The minimum absolute atomic E-state index is 0.125. The van der Waals surface area contributed by atoms with Crippen LogP contribution in [0.3, 0.4) is 0 Å². The Labute approximate surface area is 105 Å². The number of nitrogens with zero attached hydrogens (tertiary/aromatic N) is 1. The van der Waals surface area contributed by atoms with Crippen LogP contribution in [0.2, 0.25) is 10.0 Å². The lowest BCUT2D eigenvalue weighted by Crippen LogP contribution is -2.43. The highest BCUT2D eigenvalue weighted by atomic mass is 35.5. The van der Waals surface area contributed by atoms with Gasteiger partial charge < -0.3 is 10.1 Å². The zero-order valence-corrected chi connectivity index (χ0v) is 10.6. The van der Waals surface area contributed by atoms with Crippen LogP contribution >= 0.6 is 23.2 Å². The molecule has 2 rings (SSSR count). The number of pyridine rings is 1. The highest BCUT2D eigenvalue weighted by molar-refractivity contribution is 6.35. The SMILES string of the molecule is CC1CCNCC1Oc1ncc(Cl)cc1Cl. The van der Waals surface area contributed by atoms with Gasteiger partial charge >= 0.3 is 0 Å². The molecule has 0 amide bonds. The van der Waals surface area contributed by atoms with E-state index in [0.29, 0.717) is 21.8 Å². The van der Waals surface area contributed by atoms with Crippen LogP contribution in [0.5, 0.6) is 5.88 Å². The molecule has 88 valence electrons. The van der Waals surface area contributed by atoms with Crippen molar-refractivity contribution < 1.29 is 4.74 Å². The van der Waals surface area contributed by atoms with E-state index in [1.54, 1.807) is 12.3 Å². The van der Waals surface area contributed by atoms with Crippen molar-refractivity contribution in [1.82, 2.24) is 10.3 Å². The third-order valence-electron chi connectivity index (χ3n) is 2.79. The molecule has 1 N–H and O–H groups in total. The Bertz CT molecular complexity index is 373. The summed E-state index contributed by atoms with van der Waals surface area (Å²) in [5, 5.41) is 4.28. The first kappa shape index (κ1) is 12.0. The Hall–Kier alpha value is -0.510. The number of hydrogen-bond donors (Lipinski definition) is 1. The molecule has 1 saturated heterocycles. The van der Waals surface area contributed by atoms with Crippen LogP contribution in [0, 0.1) is 5.92 Å². The van der Waals surface area contributed by atoms with E-state index in [-0.39, 0.29) is 6.10 Å². The molecule has 2 atom stereocenters. The van der Waals surface area contributed by atoms with E-state index in [0.717, 1.165) is 19.5 Å². The lowest BCUT2D eigenvalue weighted by molar-refractivity contribution is 0.110. The minimum Gasteiger partial charge on any atom is -0.472 e. The van der Waals surface area contributed by atoms with Gasteiger partial charge in [0.15, 0.2) is 0 Å². The average molecular weight is 261 g/mol. The van der Waals surface area contributed by atoms with Gasteiger partial charge in [0, 0.05) is 12.7 Å². The number of nitrogens with one attached hydrogen (secondary N) is 1. The summed E-state index contributed by atoms with van der Waals surface area (Å²) in [6.45, 7) is 4.06. The van der Waals surface area contributed by atoms with Crippen molar-refractivity contribution in [2.75, 3.05) is 13.1 Å². The molecule has 0 aliphatic carbocycles. The standard InChI is InChI=1S/C11H14Cl2N2O/c1-7-2-3-14-6-10(7)16-11-9(13)4-8(12)5-15-11/h4-5,7,10,14H,2-3,6H2,1H3. The van der Waals surface area contributed by atoms with Crippen molar-refractivity contribution in [2.24, 2.45) is 5.92 Å². The monoisotopic (exact) mass is 260 g/mol. The van der Waals surface area contributed by atoms with Crippen LogP contribution in [-0.2, 0) is 0 Å². The Morgan fingerprint density at radius 1 is 1.50 bits per heavy atom. The van der Waals surface area contributed by atoms with E-state index in [9.17, 15) is 0 Å². The summed E-state index contributed by atoms with van der Waals surface area (Å²) in [6, 6.07) is 1.65. The maximum atomic E-state index is 6.00. The highest BCUT2D eigenvalue weighted by Gasteiger charge is 2.23. The Kier molecular flexibility index (Phi) is 3.90. The minimum atomic E-state index is 0.125. The summed E-state index contributed by atoms with van der Waals surface area (Å²) in [5.41, 5.74) is 0. The molecule has 0 radical (unpaired) electrons. The molecular weight excluding hydrogens is 247 g/mol. The smallest absolute Gasteiger partial charge is 0.232 e. The number of halogens is 2. The van der Waals surface area contributed by atoms with Gasteiger partial charge in [0.25, 0.3) is 0 Å². The number of ether oxygens (including phenoxy) is 1. The summed E-state index contributed by atoms with van der Waals surface area (Å²) < 4.78 is 5.79. The van der Waals surface area contributed by atoms with Gasteiger partial charge in [-0.25, -0.2) is 4.98 Å². The van der Waals surface area contributed by atoms with Crippen LogP contribution < -0.4 is 10.1 Å². The maximum Gasteiger partial charge on any atom is 0.232 e. The van der Waals surface area contributed by atoms with Crippen molar-refractivity contribution in [3.63, 3.8) is 0 Å². The second-order valence-electron chi connectivity index (χ2n) is 4.07. The van der Waals surface area contributed by atoms with Gasteiger partial charge in [0.05, 0.1) is 5.02 Å². The van der Waals surface area contributed by atoms with Gasteiger partial charge in [-0.1, -0.05) is 30.1 Å². The predicted octanol–water partition coefficient (Wildman–Crippen LogP) is 2.77. The van der Waals surface area contributed by atoms with E-state index in [4.69, 9.17) is 27.9 Å². The number of aromatic nitrogens is 1. The van der Waals surface area contributed by atoms with Crippen molar-refractivity contribution in [3.05, 3.63) is 22.3 Å².